The van der Waals surface area contributed by atoms with Crippen LogP contribution in [0.25, 0.3) is 16.8 Å². The van der Waals surface area contributed by atoms with E-state index >= 15 is 0 Å². The number of likely N-dealkylation sites (tertiary alicyclic amines) is 2. The highest BCUT2D eigenvalue weighted by molar-refractivity contribution is 5.69. The van der Waals surface area contributed by atoms with E-state index in [4.69, 9.17) is 0 Å². The van der Waals surface area contributed by atoms with E-state index in [9.17, 15) is 17.6 Å². The highest BCUT2D eigenvalue weighted by Gasteiger charge is 2.58. The predicted molar refractivity (Wildman–Crippen MR) is 146 cm³/mol. The molecule has 0 spiro atoms. The van der Waals surface area contributed by atoms with Gasteiger partial charge in [0.2, 0.25) is 0 Å². The number of alkyl halides is 3. The number of hydrogen-bond donors (Lipinski definition) is 0. The summed E-state index contributed by atoms with van der Waals surface area (Å²) in [4.78, 5) is 4.22. The van der Waals surface area contributed by atoms with Crippen molar-refractivity contribution in [3.63, 3.8) is 0 Å². The summed E-state index contributed by atoms with van der Waals surface area (Å²) in [7, 11) is 0. The number of halogens is 4. The van der Waals surface area contributed by atoms with Crippen molar-refractivity contribution < 1.29 is 17.6 Å². The lowest BCUT2D eigenvalue weighted by molar-refractivity contribution is -0.256. The average molecular weight is 529 g/mol. The number of benzene rings is 2. The van der Waals surface area contributed by atoms with Gasteiger partial charge in [-0.25, -0.2) is 4.39 Å². The quantitative estimate of drug-likeness (QED) is 0.319. The predicted octanol–water partition coefficient (Wildman–Crippen LogP) is 8.18. The van der Waals surface area contributed by atoms with Crippen LogP contribution in [0, 0.1) is 23.1 Å². The zero-order valence-corrected chi connectivity index (χ0v) is 22.5. The number of rotatable bonds is 8. The second kappa shape index (κ2) is 11.0. The van der Waals surface area contributed by atoms with E-state index in [0.29, 0.717) is 23.8 Å². The highest BCUT2D eigenvalue weighted by Crippen LogP contribution is 2.53. The van der Waals surface area contributed by atoms with Crippen LogP contribution in [0.3, 0.4) is 0 Å². The third kappa shape index (κ3) is 5.80. The molecule has 3 aliphatic rings. The average Bonchev–Trinajstić information content (AvgIpc) is 3.31. The van der Waals surface area contributed by atoms with E-state index < -0.39 is 11.6 Å². The van der Waals surface area contributed by atoms with Gasteiger partial charge >= 0.3 is 6.18 Å². The van der Waals surface area contributed by atoms with Crippen LogP contribution in [0.2, 0.25) is 0 Å². The Labute approximate surface area is 224 Å². The minimum Gasteiger partial charge on any atom is -0.371 e. The number of nitrogens with zero attached hydrogens (tertiary/aromatic N) is 2. The zero-order chi connectivity index (χ0) is 26.9. The minimum atomic E-state index is -4.08. The first kappa shape index (κ1) is 27.2. The lowest BCUT2D eigenvalue weighted by atomic mass is 9.67. The third-order valence-electron chi connectivity index (χ3n) is 9.36. The van der Waals surface area contributed by atoms with Crippen LogP contribution in [-0.4, -0.2) is 48.7 Å². The van der Waals surface area contributed by atoms with Gasteiger partial charge < -0.3 is 9.80 Å². The molecule has 0 amide bonds. The van der Waals surface area contributed by atoms with Crippen molar-refractivity contribution in [2.75, 3.05) is 32.7 Å². The first-order chi connectivity index (χ1) is 18.1. The molecule has 5 rings (SSSR count). The van der Waals surface area contributed by atoms with Crippen molar-refractivity contribution in [2.45, 2.75) is 64.5 Å². The smallest absolute Gasteiger partial charge is 0.371 e. The molecule has 2 aromatic rings. The molecule has 0 radical (unpaired) electrons. The van der Waals surface area contributed by atoms with Gasteiger partial charge in [-0.1, -0.05) is 50.3 Å². The SMILES string of the molecule is C=C(c1ccc(-c2ccc(CCC3CCN(CC4(C(F)(F)F)CCC4)CC3)cc2)cc1F)N1CCC(C)C1. The maximum atomic E-state index is 15.0. The van der Waals surface area contributed by atoms with E-state index in [1.54, 1.807) is 6.07 Å². The normalized spacial score (nSPS) is 22.4. The van der Waals surface area contributed by atoms with Gasteiger partial charge in [0.1, 0.15) is 5.82 Å². The van der Waals surface area contributed by atoms with E-state index in [2.05, 4.69) is 42.7 Å². The molecule has 6 heteroatoms. The van der Waals surface area contributed by atoms with Crippen molar-refractivity contribution in [3.05, 3.63) is 66.0 Å². The van der Waals surface area contributed by atoms with Crippen molar-refractivity contribution in [1.29, 1.82) is 0 Å². The molecule has 0 bridgehead atoms. The Hall–Kier alpha value is -2.34. The summed E-state index contributed by atoms with van der Waals surface area (Å²) in [6.45, 7) is 9.94. The second-order valence-electron chi connectivity index (χ2n) is 12.1. The molecule has 1 saturated carbocycles. The first-order valence-corrected chi connectivity index (χ1v) is 14.3. The molecule has 0 aromatic heterocycles. The maximum absolute atomic E-state index is 15.0. The van der Waals surface area contributed by atoms with Gasteiger partial charge in [0.15, 0.2) is 0 Å². The van der Waals surface area contributed by atoms with Crippen molar-refractivity contribution in [2.24, 2.45) is 17.3 Å². The van der Waals surface area contributed by atoms with E-state index in [-0.39, 0.29) is 25.2 Å². The molecule has 2 nitrogen and oxygen atoms in total. The summed E-state index contributed by atoms with van der Waals surface area (Å²) in [5.41, 5.74) is 2.98. The Balaban J connectivity index is 1.11. The fourth-order valence-electron chi connectivity index (χ4n) is 6.51. The summed E-state index contributed by atoms with van der Waals surface area (Å²) < 4.78 is 55.6. The number of hydrogen-bond acceptors (Lipinski definition) is 2. The largest absolute Gasteiger partial charge is 0.395 e. The number of piperidine rings is 1. The molecule has 1 atom stereocenters. The molecule has 2 heterocycles. The fourth-order valence-corrected chi connectivity index (χ4v) is 6.51. The van der Waals surface area contributed by atoms with Gasteiger partial charge in [0, 0.05) is 30.9 Å². The minimum absolute atomic E-state index is 0.178. The molecule has 1 aliphatic carbocycles. The first-order valence-electron chi connectivity index (χ1n) is 14.3. The highest BCUT2D eigenvalue weighted by atomic mass is 19.4. The monoisotopic (exact) mass is 528 g/mol. The Morgan fingerprint density at radius 3 is 2.21 bits per heavy atom. The molecule has 2 saturated heterocycles. The van der Waals surface area contributed by atoms with Crippen LogP contribution < -0.4 is 0 Å². The Bertz CT molecular complexity index is 1110. The molecule has 2 aliphatic heterocycles. The molecule has 1 unspecified atom stereocenters. The van der Waals surface area contributed by atoms with Gasteiger partial charge in [0.25, 0.3) is 0 Å². The topological polar surface area (TPSA) is 6.48 Å². The Morgan fingerprint density at radius 2 is 1.66 bits per heavy atom. The van der Waals surface area contributed by atoms with Crippen LogP contribution in [0.4, 0.5) is 17.6 Å². The van der Waals surface area contributed by atoms with Gasteiger partial charge in [-0.05, 0) is 98.7 Å². The van der Waals surface area contributed by atoms with Crippen LogP contribution >= 0.6 is 0 Å². The Morgan fingerprint density at radius 1 is 0.974 bits per heavy atom. The van der Waals surface area contributed by atoms with Crippen LogP contribution in [0.5, 0.6) is 0 Å². The summed E-state index contributed by atoms with van der Waals surface area (Å²) in [5.74, 6) is 0.937. The fraction of sp³-hybridized carbons (Fsp3) is 0.562. The van der Waals surface area contributed by atoms with E-state index in [1.165, 1.54) is 5.56 Å². The Kier molecular flexibility index (Phi) is 7.91. The van der Waals surface area contributed by atoms with Gasteiger partial charge in [0.05, 0.1) is 5.41 Å². The molecular formula is C32H40F4N2. The second-order valence-corrected chi connectivity index (χ2v) is 12.1. The van der Waals surface area contributed by atoms with Gasteiger partial charge in [-0.3, -0.25) is 0 Å². The molecule has 206 valence electrons. The maximum Gasteiger partial charge on any atom is 0.395 e. The summed E-state index contributed by atoms with van der Waals surface area (Å²) in [5, 5.41) is 0. The van der Waals surface area contributed by atoms with Crippen LogP contribution in [0.1, 0.15) is 63.0 Å². The van der Waals surface area contributed by atoms with Crippen LogP contribution in [-0.2, 0) is 6.42 Å². The zero-order valence-electron chi connectivity index (χ0n) is 22.5. The lowest BCUT2D eigenvalue weighted by Crippen LogP contribution is -2.53. The van der Waals surface area contributed by atoms with Crippen molar-refractivity contribution in [3.8, 4) is 11.1 Å². The van der Waals surface area contributed by atoms with Gasteiger partial charge in [-0.2, -0.15) is 13.2 Å². The third-order valence-corrected chi connectivity index (χ3v) is 9.36. The standard InChI is InChI=1S/C32H40F4N2/c1-23-12-19-38(21-23)24(2)29-11-10-28(20-30(29)33)27-8-6-25(7-9-27)4-5-26-13-17-37(18-14-26)22-31(15-3-16-31)32(34,35)36/h6-11,20,23,26H,2-5,12-19,21-22H2,1H3. The molecule has 2 aromatic carbocycles. The summed E-state index contributed by atoms with van der Waals surface area (Å²) >= 11 is 0. The molecule has 3 fully saturated rings. The van der Waals surface area contributed by atoms with E-state index in [0.717, 1.165) is 75.1 Å². The van der Waals surface area contributed by atoms with Crippen molar-refractivity contribution >= 4 is 5.70 Å². The molecule has 38 heavy (non-hydrogen) atoms. The van der Waals surface area contributed by atoms with Gasteiger partial charge in [-0.15, -0.1) is 0 Å². The molecular weight excluding hydrogens is 488 g/mol. The summed E-state index contributed by atoms with van der Waals surface area (Å²) in [6, 6.07) is 13.8. The van der Waals surface area contributed by atoms with Crippen molar-refractivity contribution in [1.82, 2.24) is 9.80 Å². The lowest BCUT2D eigenvalue weighted by Gasteiger charge is -2.47. The van der Waals surface area contributed by atoms with E-state index in [1.807, 2.05) is 17.0 Å². The van der Waals surface area contributed by atoms with Crippen LogP contribution in [0.15, 0.2) is 49.0 Å². The number of aryl methyl sites for hydroxylation is 1. The molecule has 0 N–H and O–H groups in total. The summed E-state index contributed by atoms with van der Waals surface area (Å²) in [6.07, 6.45) is 2.27.